The van der Waals surface area contributed by atoms with E-state index in [0.29, 0.717) is 0 Å². The fraction of sp³-hybridized carbons (Fsp3) is 0.458. The van der Waals surface area contributed by atoms with Gasteiger partial charge in [0.15, 0.2) is 5.52 Å². The zero-order valence-electron chi connectivity index (χ0n) is 20.2. The van der Waals surface area contributed by atoms with Gasteiger partial charge in [-0.15, -0.1) is 0 Å². The van der Waals surface area contributed by atoms with Crippen molar-refractivity contribution in [3.05, 3.63) is 52.6 Å². The van der Waals surface area contributed by atoms with Crippen molar-refractivity contribution in [2.75, 3.05) is 0 Å². The van der Waals surface area contributed by atoms with Crippen LogP contribution < -0.4 is 33.6 Å². The van der Waals surface area contributed by atoms with Crippen LogP contribution in [0.1, 0.15) is 69.0 Å². The van der Waals surface area contributed by atoms with E-state index in [0.717, 1.165) is 46.3 Å². The van der Waals surface area contributed by atoms with E-state index in [2.05, 4.69) is 39.8 Å². The SMILES string of the molecule is CCC(C)Oc1ccc(PC(=O)c2c(C)cc(C)cc2C)c(OC(C)CC)c1.[H-].[Li+]. The summed E-state index contributed by atoms with van der Waals surface area (Å²) in [6.45, 7) is 14.4. The van der Waals surface area contributed by atoms with Crippen LogP contribution in [0.3, 0.4) is 0 Å². The molecule has 0 amide bonds. The van der Waals surface area contributed by atoms with E-state index in [4.69, 9.17) is 9.47 Å². The molecular weight excluding hydrogens is 374 g/mol. The molecule has 5 heteroatoms. The van der Waals surface area contributed by atoms with Crippen molar-refractivity contribution < 1.29 is 34.6 Å². The number of rotatable bonds is 9. The summed E-state index contributed by atoms with van der Waals surface area (Å²) in [7, 11) is 0.0181. The second kappa shape index (κ2) is 11.8. The summed E-state index contributed by atoms with van der Waals surface area (Å²) in [6.07, 6.45) is 2.07. The van der Waals surface area contributed by atoms with Gasteiger partial charge in [0.1, 0.15) is 11.5 Å². The third-order valence-corrected chi connectivity index (χ3v) is 6.08. The Kier molecular flexibility index (Phi) is 10.5. The second-order valence-electron chi connectivity index (χ2n) is 7.56. The Morgan fingerprint density at radius 1 is 0.966 bits per heavy atom. The molecule has 0 radical (unpaired) electrons. The summed E-state index contributed by atoms with van der Waals surface area (Å²) in [5, 5.41) is 0.932. The van der Waals surface area contributed by atoms with Crippen LogP contribution in [0, 0.1) is 20.8 Å². The largest absolute Gasteiger partial charge is 1.00 e. The Morgan fingerprint density at radius 3 is 2.07 bits per heavy atom. The van der Waals surface area contributed by atoms with Gasteiger partial charge in [0.2, 0.25) is 0 Å². The third-order valence-electron chi connectivity index (χ3n) is 4.92. The number of carbonyl (C=O) groups excluding carboxylic acids is 1. The van der Waals surface area contributed by atoms with Crippen molar-refractivity contribution in [2.45, 2.75) is 73.5 Å². The maximum Gasteiger partial charge on any atom is 1.00 e. The van der Waals surface area contributed by atoms with E-state index >= 15 is 0 Å². The number of hydrogen-bond donors (Lipinski definition) is 0. The van der Waals surface area contributed by atoms with Gasteiger partial charge in [0.25, 0.3) is 0 Å². The van der Waals surface area contributed by atoms with Gasteiger partial charge >= 0.3 is 18.9 Å². The Labute approximate surface area is 191 Å². The molecule has 0 N–H and O–H groups in total. The fourth-order valence-electron chi connectivity index (χ4n) is 3.12. The number of carbonyl (C=O) groups is 1. The Bertz CT molecular complexity index is 818. The van der Waals surface area contributed by atoms with Gasteiger partial charge in [-0.3, -0.25) is 4.79 Å². The van der Waals surface area contributed by atoms with E-state index in [1.54, 1.807) is 0 Å². The number of hydrogen-bond acceptors (Lipinski definition) is 3. The van der Waals surface area contributed by atoms with Gasteiger partial charge in [-0.1, -0.05) is 31.5 Å². The molecule has 0 saturated carbocycles. The van der Waals surface area contributed by atoms with Crippen LogP contribution in [0.25, 0.3) is 0 Å². The van der Waals surface area contributed by atoms with Gasteiger partial charge in [0, 0.05) is 16.9 Å². The predicted octanol–water partition coefficient (Wildman–Crippen LogP) is 3.23. The maximum absolute atomic E-state index is 13.1. The topological polar surface area (TPSA) is 35.5 Å². The normalized spacial score (nSPS) is 13.1. The molecule has 0 saturated heterocycles. The molecule has 29 heavy (non-hydrogen) atoms. The van der Waals surface area contributed by atoms with Crippen molar-refractivity contribution in [3.63, 3.8) is 0 Å². The molecule has 0 aliphatic rings. The molecular formula is C24H34LiO3P. The van der Waals surface area contributed by atoms with Gasteiger partial charge < -0.3 is 10.9 Å². The fourth-order valence-corrected chi connectivity index (χ4v) is 4.30. The first-order valence-electron chi connectivity index (χ1n) is 10.1. The molecule has 0 aliphatic carbocycles. The Morgan fingerprint density at radius 2 is 1.52 bits per heavy atom. The average molecular weight is 408 g/mol. The van der Waals surface area contributed by atoms with Crippen LogP contribution in [0.15, 0.2) is 30.3 Å². The summed E-state index contributed by atoms with van der Waals surface area (Å²) in [4.78, 5) is 13.1. The zero-order valence-corrected chi connectivity index (χ0v) is 20.2. The first-order chi connectivity index (χ1) is 13.2. The minimum atomic E-state index is 0. The van der Waals surface area contributed by atoms with Crippen LogP contribution in [-0.2, 0) is 0 Å². The molecule has 0 spiro atoms. The van der Waals surface area contributed by atoms with Crippen LogP contribution in [0.4, 0.5) is 0 Å². The standard InChI is InChI=1S/C24H33O3P.Li.H/c1-8-18(6)26-20-10-11-22(21(14-20)27-19(7)9-2)28-24(25)23-16(4)12-15(3)13-17(23)5;;/h10-14,18-19,28H,8-9H2,1-7H3;;/q;+1;-1. The molecule has 3 nitrogen and oxygen atoms in total. The molecule has 2 aromatic rings. The zero-order chi connectivity index (χ0) is 20.8. The minimum absolute atomic E-state index is 0. The Balaban J connectivity index is 0.00000420. The monoisotopic (exact) mass is 408 g/mol. The molecule has 154 valence electrons. The molecule has 0 fully saturated rings. The first kappa shape index (κ1) is 25.8. The van der Waals surface area contributed by atoms with Crippen LogP contribution >= 0.6 is 8.58 Å². The maximum atomic E-state index is 13.1. The number of benzene rings is 2. The summed E-state index contributed by atoms with van der Waals surface area (Å²) < 4.78 is 12.1. The summed E-state index contributed by atoms with van der Waals surface area (Å²) in [5.74, 6) is 1.54. The van der Waals surface area contributed by atoms with Gasteiger partial charge in [-0.05, 0) is 79.3 Å². The van der Waals surface area contributed by atoms with Crippen molar-refractivity contribution >= 4 is 19.4 Å². The first-order valence-corrected chi connectivity index (χ1v) is 11.1. The quantitative estimate of drug-likeness (QED) is 0.472. The second-order valence-corrected chi connectivity index (χ2v) is 8.80. The molecule has 2 aromatic carbocycles. The van der Waals surface area contributed by atoms with E-state index in [1.807, 2.05) is 39.0 Å². The minimum Gasteiger partial charge on any atom is -1.00 e. The molecule has 0 bridgehead atoms. The van der Waals surface area contributed by atoms with Gasteiger partial charge in [-0.2, -0.15) is 0 Å². The van der Waals surface area contributed by atoms with Crippen LogP contribution in [-0.4, -0.2) is 17.7 Å². The summed E-state index contributed by atoms with van der Waals surface area (Å²) in [6, 6.07) is 10.0. The Hall–Kier alpha value is -1.26. The molecule has 3 unspecified atom stereocenters. The van der Waals surface area contributed by atoms with Crippen molar-refractivity contribution in [2.24, 2.45) is 0 Å². The predicted molar refractivity (Wildman–Crippen MR) is 121 cm³/mol. The van der Waals surface area contributed by atoms with Crippen molar-refractivity contribution in [1.82, 2.24) is 0 Å². The van der Waals surface area contributed by atoms with E-state index in [9.17, 15) is 4.79 Å². The molecule has 0 aromatic heterocycles. The number of ether oxygens (including phenoxy) is 2. The van der Waals surface area contributed by atoms with Crippen molar-refractivity contribution in [3.8, 4) is 11.5 Å². The van der Waals surface area contributed by atoms with Crippen LogP contribution in [0.5, 0.6) is 11.5 Å². The number of aryl methyl sites for hydroxylation is 3. The van der Waals surface area contributed by atoms with E-state index in [-0.39, 0.29) is 46.6 Å². The summed E-state index contributed by atoms with van der Waals surface area (Å²) in [5.41, 5.74) is 4.24. The third kappa shape index (κ3) is 7.18. The molecule has 0 heterocycles. The van der Waals surface area contributed by atoms with Gasteiger partial charge in [0.05, 0.1) is 12.2 Å². The van der Waals surface area contributed by atoms with E-state index < -0.39 is 0 Å². The van der Waals surface area contributed by atoms with Crippen molar-refractivity contribution in [1.29, 1.82) is 0 Å². The smallest absolute Gasteiger partial charge is 1.00 e. The van der Waals surface area contributed by atoms with Gasteiger partial charge in [-0.25, -0.2) is 0 Å². The molecule has 3 atom stereocenters. The average Bonchev–Trinajstić information content (AvgIpc) is 2.62. The summed E-state index contributed by atoms with van der Waals surface area (Å²) >= 11 is 0. The molecule has 0 aliphatic heterocycles. The van der Waals surface area contributed by atoms with E-state index in [1.165, 1.54) is 5.56 Å². The molecule has 2 rings (SSSR count). The van der Waals surface area contributed by atoms with Crippen LogP contribution in [0.2, 0.25) is 0 Å².